The second-order valence-corrected chi connectivity index (χ2v) is 9.52. The van der Waals surface area contributed by atoms with Gasteiger partial charge in [0.2, 0.25) is 0 Å². The molecule has 1 aromatic carbocycles. The average Bonchev–Trinajstić information content (AvgIpc) is 2.78. The van der Waals surface area contributed by atoms with Gasteiger partial charge in [0.15, 0.2) is 0 Å². The molecule has 32 heavy (non-hydrogen) atoms. The maximum atomic E-state index is 12.3. The minimum Gasteiger partial charge on any atom is -0.444 e. The molecule has 3 heterocycles. The molecule has 0 unspecified atom stereocenters. The molecule has 7 nitrogen and oxygen atoms in total. The van der Waals surface area contributed by atoms with Crippen LogP contribution in [-0.2, 0) is 9.47 Å². The lowest BCUT2D eigenvalue weighted by atomic mass is 10.1. The zero-order valence-electron chi connectivity index (χ0n) is 19.0. The Kier molecular flexibility index (Phi) is 6.76. The fraction of sp³-hybridized carbons (Fsp3) is 0.500. The van der Waals surface area contributed by atoms with Gasteiger partial charge in [-0.25, -0.2) is 9.78 Å². The predicted octanol–water partition coefficient (Wildman–Crippen LogP) is 4.30. The van der Waals surface area contributed by atoms with Gasteiger partial charge in [0.05, 0.1) is 13.2 Å². The Morgan fingerprint density at radius 2 is 1.59 bits per heavy atom. The van der Waals surface area contributed by atoms with E-state index in [9.17, 15) is 4.79 Å². The smallest absolute Gasteiger partial charge is 0.410 e. The number of hydrogen-bond donors (Lipinski definition) is 0. The summed E-state index contributed by atoms with van der Waals surface area (Å²) >= 11 is 6.33. The Balaban J connectivity index is 1.41. The number of piperazine rings is 1. The summed E-state index contributed by atoms with van der Waals surface area (Å²) in [5.74, 6) is 0.887. The van der Waals surface area contributed by atoms with E-state index in [1.165, 1.54) is 0 Å². The van der Waals surface area contributed by atoms with Gasteiger partial charge in [0.25, 0.3) is 0 Å². The molecule has 0 saturated carbocycles. The fourth-order valence-electron chi connectivity index (χ4n) is 3.94. The normalized spacial score (nSPS) is 17.4. The van der Waals surface area contributed by atoms with Crippen LogP contribution in [0, 0.1) is 0 Å². The summed E-state index contributed by atoms with van der Waals surface area (Å²) in [5.41, 5.74) is 2.82. The first kappa shape index (κ1) is 22.7. The lowest BCUT2D eigenvalue weighted by Crippen LogP contribution is -2.50. The van der Waals surface area contributed by atoms with E-state index in [1.54, 1.807) is 4.90 Å². The number of rotatable bonds is 3. The Labute approximate surface area is 194 Å². The van der Waals surface area contributed by atoms with Crippen molar-refractivity contribution in [2.75, 3.05) is 62.3 Å². The largest absolute Gasteiger partial charge is 0.444 e. The molecule has 0 bridgehead atoms. The van der Waals surface area contributed by atoms with Crippen LogP contribution >= 0.6 is 11.6 Å². The first-order chi connectivity index (χ1) is 15.3. The van der Waals surface area contributed by atoms with Crippen LogP contribution in [0.2, 0.25) is 5.15 Å². The molecule has 2 saturated heterocycles. The molecule has 1 amide bonds. The molecule has 0 N–H and O–H groups in total. The highest BCUT2D eigenvalue weighted by Gasteiger charge is 2.26. The quantitative estimate of drug-likeness (QED) is 0.639. The third-order valence-corrected chi connectivity index (χ3v) is 5.81. The maximum Gasteiger partial charge on any atom is 0.410 e. The van der Waals surface area contributed by atoms with Crippen molar-refractivity contribution in [1.29, 1.82) is 0 Å². The molecule has 0 atom stereocenters. The van der Waals surface area contributed by atoms with Gasteiger partial charge >= 0.3 is 6.09 Å². The van der Waals surface area contributed by atoms with Crippen LogP contribution in [0.5, 0.6) is 0 Å². The van der Waals surface area contributed by atoms with Gasteiger partial charge in [-0.15, -0.1) is 0 Å². The highest BCUT2D eigenvalue weighted by molar-refractivity contribution is 6.29. The number of aromatic nitrogens is 1. The van der Waals surface area contributed by atoms with Gasteiger partial charge in [-0.3, -0.25) is 0 Å². The van der Waals surface area contributed by atoms with Crippen molar-refractivity contribution in [3.05, 3.63) is 41.6 Å². The van der Waals surface area contributed by atoms with Crippen LogP contribution in [0.3, 0.4) is 0 Å². The van der Waals surface area contributed by atoms with E-state index in [0.717, 1.165) is 48.8 Å². The monoisotopic (exact) mass is 458 g/mol. The number of pyridine rings is 1. The molecule has 0 aliphatic carbocycles. The molecule has 0 radical (unpaired) electrons. The van der Waals surface area contributed by atoms with Crippen molar-refractivity contribution >= 4 is 29.2 Å². The third-order valence-electron chi connectivity index (χ3n) is 5.61. The molecule has 4 rings (SSSR count). The molecule has 2 aromatic rings. The van der Waals surface area contributed by atoms with E-state index in [-0.39, 0.29) is 6.09 Å². The van der Waals surface area contributed by atoms with Crippen LogP contribution in [0.4, 0.5) is 16.3 Å². The van der Waals surface area contributed by atoms with E-state index in [1.807, 2.05) is 26.8 Å². The second-order valence-electron chi connectivity index (χ2n) is 9.14. The molecule has 0 spiro atoms. The molecule has 2 aliphatic rings. The van der Waals surface area contributed by atoms with Crippen molar-refractivity contribution in [1.82, 2.24) is 9.88 Å². The minimum atomic E-state index is -0.471. The van der Waals surface area contributed by atoms with Gasteiger partial charge < -0.3 is 24.2 Å². The van der Waals surface area contributed by atoms with Crippen molar-refractivity contribution in [3.63, 3.8) is 0 Å². The van der Waals surface area contributed by atoms with Gasteiger partial charge in [-0.1, -0.05) is 23.7 Å². The van der Waals surface area contributed by atoms with Gasteiger partial charge in [-0.2, -0.15) is 0 Å². The number of ether oxygens (including phenoxy) is 2. The number of hydrogen-bond acceptors (Lipinski definition) is 6. The number of morpholine rings is 1. The second kappa shape index (κ2) is 9.55. The maximum absolute atomic E-state index is 12.3. The van der Waals surface area contributed by atoms with Crippen molar-refractivity contribution < 1.29 is 14.3 Å². The van der Waals surface area contributed by atoms with Crippen LogP contribution in [-0.4, -0.2) is 74.1 Å². The first-order valence-electron chi connectivity index (χ1n) is 11.1. The van der Waals surface area contributed by atoms with Crippen molar-refractivity contribution in [2.24, 2.45) is 0 Å². The Morgan fingerprint density at radius 3 is 2.22 bits per heavy atom. The molecule has 1 aromatic heterocycles. The SMILES string of the molecule is CC(C)(C)OC(=O)N1CCN(c2ccc(-c3cc(Cl)nc(N4CCOCC4)c3)cc2)CC1. The van der Waals surface area contributed by atoms with Gasteiger partial charge in [0.1, 0.15) is 16.6 Å². The fourth-order valence-corrected chi connectivity index (χ4v) is 4.15. The number of anilines is 2. The summed E-state index contributed by atoms with van der Waals surface area (Å²) in [6.45, 7) is 11.6. The highest BCUT2D eigenvalue weighted by Crippen LogP contribution is 2.29. The Bertz CT molecular complexity index is 931. The van der Waals surface area contributed by atoms with Gasteiger partial charge in [-0.05, 0) is 56.2 Å². The summed E-state index contributed by atoms with van der Waals surface area (Å²) in [6.07, 6.45) is -0.238. The minimum absolute atomic E-state index is 0.238. The van der Waals surface area contributed by atoms with Crippen molar-refractivity contribution in [2.45, 2.75) is 26.4 Å². The van der Waals surface area contributed by atoms with E-state index in [4.69, 9.17) is 21.1 Å². The van der Waals surface area contributed by atoms with Crippen LogP contribution < -0.4 is 9.80 Å². The zero-order chi connectivity index (χ0) is 22.7. The number of benzene rings is 1. The van der Waals surface area contributed by atoms with Crippen LogP contribution in [0.15, 0.2) is 36.4 Å². The Morgan fingerprint density at radius 1 is 0.938 bits per heavy atom. The van der Waals surface area contributed by atoms with Gasteiger partial charge in [0, 0.05) is 45.0 Å². The van der Waals surface area contributed by atoms with E-state index in [0.29, 0.717) is 31.5 Å². The lowest BCUT2D eigenvalue weighted by Gasteiger charge is -2.36. The summed E-state index contributed by atoms with van der Waals surface area (Å²) in [5, 5.41) is 0.492. The number of halogens is 1. The third kappa shape index (κ3) is 5.64. The zero-order valence-corrected chi connectivity index (χ0v) is 19.8. The molecule has 2 fully saturated rings. The number of nitrogens with zero attached hydrogens (tertiary/aromatic N) is 4. The molecule has 8 heteroatoms. The highest BCUT2D eigenvalue weighted by atomic mass is 35.5. The van der Waals surface area contributed by atoms with E-state index < -0.39 is 5.60 Å². The van der Waals surface area contributed by atoms with E-state index >= 15 is 0 Å². The summed E-state index contributed by atoms with van der Waals surface area (Å²) in [7, 11) is 0. The van der Waals surface area contributed by atoms with Crippen LogP contribution in [0.1, 0.15) is 20.8 Å². The lowest BCUT2D eigenvalue weighted by molar-refractivity contribution is 0.0240. The van der Waals surface area contributed by atoms with Crippen LogP contribution in [0.25, 0.3) is 11.1 Å². The van der Waals surface area contributed by atoms with Crippen molar-refractivity contribution in [3.8, 4) is 11.1 Å². The average molecular weight is 459 g/mol. The first-order valence-corrected chi connectivity index (χ1v) is 11.5. The molecular formula is C24H31ClN4O3. The Hall–Kier alpha value is -2.51. The topological polar surface area (TPSA) is 58.1 Å². The molecule has 2 aliphatic heterocycles. The van der Waals surface area contributed by atoms with E-state index in [2.05, 4.69) is 45.1 Å². The summed E-state index contributed by atoms with van der Waals surface area (Å²) in [4.78, 5) is 23.1. The summed E-state index contributed by atoms with van der Waals surface area (Å²) < 4.78 is 10.9. The number of carbonyl (C=O) groups excluding carboxylic acids is 1. The number of amides is 1. The predicted molar refractivity (Wildman–Crippen MR) is 128 cm³/mol. The number of carbonyl (C=O) groups is 1. The molecule has 172 valence electrons. The molecular weight excluding hydrogens is 428 g/mol. The standard InChI is InChI=1S/C24H31ClN4O3/c1-24(2,3)32-23(30)29-10-8-27(9-11-29)20-6-4-18(5-7-20)19-16-21(25)26-22(17-19)28-12-14-31-15-13-28/h4-7,16-17H,8-15H2,1-3H3. The summed E-state index contributed by atoms with van der Waals surface area (Å²) in [6, 6.07) is 12.5.